The van der Waals surface area contributed by atoms with Gasteiger partial charge in [-0.05, 0) is 71.6 Å². The van der Waals surface area contributed by atoms with Gasteiger partial charge < -0.3 is 26.4 Å². The van der Waals surface area contributed by atoms with Crippen molar-refractivity contribution >= 4 is 29.6 Å². The van der Waals surface area contributed by atoms with Crippen molar-refractivity contribution in [1.29, 1.82) is 0 Å². The van der Waals surface area contributed by atoms with Crippen molar-refractivity contribution < 1.29 is 28.7 Å². The maximum absolute atomic E-state index is 12.8. The Balaban J connectivity index is 4.68. The fourth-order valence-corrected chi connectivity index (χ4v) is 3.80. The number of carbonyl (C=O) groups excluding carboxylic acids is 5. The number of nitrogens with one attached hydrogen (secondary N) is 3. The van der Waals surface area contributed by atoms with E-state index in [4.69, 9.17) is 10.5 Å². The average Bonchev–Trinajstić information content (AvgIpc) is 2.76. The van der Waals surface area contributed by atoms with Crippen LogP contribution in [0.15, 0.2) is 0 Å². The van der Waals surface area contributed by atoms with Crippen LogP contribution >= 0.6 is 0 Å². The molecule has 36 heavy (non-hydrogen) atoms. The van der Waals surface area contributed by atoms with Crippen LogP contribution in [0.2, 0.25) is 0 Å². The predicted octanol–water partition coefficient (Wildman–Crippen LogP) is 2.97. The van der Waals surface area contributed by atoms with Crippen molar-refractivity contribution in [2.24, 2.45) is 17.6 Å². The Kier molecular flexibility index (Phi) is 15.7. The number of nitrogens with two attached hydrogens (primary N) is 1. The molecule has 0 heterocycles. The number of hydrogen-bond donors (Lipinski definition) is 4. The molecule has 10 heteroatoms. The highest BCUT2D eigenvalue weighted by molar-refractivity contribution is 5.92. The van der Waals surface area contributed by atoms with Gasteiger partial charge in [0.1, 0.15) is 11.6 Å². The zero-order valence-electron chi connectivity index (χ0n) is 23.2. The number of urea groups is 1. The van der Waals surface area contributed by atoms with Crippen LogP contribution in [0.5, 0.6) is 0 Å². The van der Waals surface area contributed by atoms with E-state index in [0.29, 0.717) is 38.6 Å². The van der Waals surface area contributed by atoms with Crippen LogP contribution in [0.4, 0.5) is 4.79 Å². The minimum Gasteiger partial charge on any atom is -0.459 e. The number of unbranched alkanes of at least 4 members (excludes halogenated alkanes) is 1. The van der Waals surface area contributed by atoms with E-state index in [1.807, 2.05) is 41.5 Å². The van der Waals surface area contributed by atoms with Gasteiger partial charge in [-0.1, -0.05) is 27.7 Å². The third-order valence-corrected chi connectivity index (χ3v) is 6.17. The maximum atomic E-state index is 12.8. The van der Waals surface area contributed by atoms with Crippen molar-refractivity contribution in [3.8, 4) is 0 Å². The van der Waals surface area contributed by atoms with Crippen molar-refractivity contribution in [2.75, 3.05) is 6.54 Å². The first-order chi connectivity index (χ1) is 16.7. The van der Waals surface area contributed by atoms with Gasteiger partial charge in [0.15, 0.2) is 5.78 Å². The Morgan fingerprint density at radius 1 is 0.944 bits per heavy atom. The predicted molar refractivity (Wildman–Crippen MR) is 139 cm³/mol. The molecule has 0 aromatic heterocycles. The van der Waals surface area contributed by atoms with E-state index in [-0.39, 0.29) is 35.9 Å². The summed E-state index contributed by atoms with van der Waals surface area (Å²) in [7, 11) is 0. The largest absolute Gasteiger partial charge is 0.459 e. The van der Waals surface area contributed by atoms with E-state index in [2.05, 4.69) is 16.0 Å². The summed E-state index contributed by atoms with van der Waals surface area (Å²) < 4.78 is 5.67. The quantitative estimate of drug-likeness (QED) is 0.163. The van der Waals surface area contributed by atoms with Gasteiger partial charge in [0.25, 0.3) is 0 Å². The zero-order valence-corrected chi connectivity index (χ0v) is 23.2. The lowest BCUT2D eigenvalue weighted by Gasteiger charge is -2.27. The number of ether oxygens (including phenoxy) is 1. The van der Waals surface area contributed by atoms with Gasteiger partial charge in [0.05, 0.1) is 12.0 Å². The molecule has 0 rings (SSSR count). The number of hydrogen-bond acceptors (Lipinski definition) is 6. The van der Waals surface area contributed by atoms with Crippen LogP contribution in [0.25, 0.3) is 0 Å². The first-order valence-electron chi connectivity index (χ1n) is 13.1. The number of Topliss-reactive ketones (excluding diaryl/α,β-unsaturated/α-hetero) is 1. The second-order valence-corrected chi connectivity index (χ2v) is 10.3. The summed E-state index contributed by atoms with van der Waals surface area (Å²) in [5.41, 5.74) is 4.42. The fourth-order valence-electron chi connectivity index (χ4n) is 3.80. The molecular formula is C26H48N4O6. The summed E-state index contributed by atoms with van der Waals surface area (Å²) in [6, 6.07) is -2.14. The van der Waals surface area contributed by atoms with Gasteiger partial charge in [0, 0.05) is 13.0 Å². The number of amides is 4. The van der Waals surface area contributed by atoms with E-state index >= 15 is 0 Å². The summed E-state index contributed by atoms with van der Waals surface area (Å²) in [5, 5.41) is 7.95. The van der Waals surface area contributed by atoms with Gasteiger partial charge in [-0.15, -0.1) is 0 Å². The molecule has 0 aliphatic rings. The highest BCUT2D eigenvalue weighted by atomic mass is 16.6. The number of ketones is 1. The van der Waals surface area contributed by atoms with Crippen molar-refractivity contribution in [3.63, 3.8) is 0 Å². The Morgan fingerprint density at radius 2 is 1.56 bits per heavy atom. The number of rotatable bonds is 18. The van der Waals surface area contributed by atoms with Gasteiger partial charge >= 0.3 is 12.0 Å². The third-order valence-electron chi connectivity index (χ3n) is 6.17. The summed E-state index contributed by atoms with van der Waals surface area (Å²) in [6.07, 6.45) is 4.46. The molecule has 0 aromatic carbocycles. The molecule has 5 N–H and O–H groups in total. The molecule has 0 aliphatic carbocycles. The van der Waals surface area contributed by atoms with Gasteiger partial charge in [-0.25, -0.2) is 4.79 Å². The second kappa shape index (κ2) is 16.9. The molecule has 208 valence electrons. The highest BCUT2D eigenvalue weighted by Crippen LogP contribution is 2.22. The average molecular weight is 513 g/mol. The van der Waals surface area contributed by atoms with E-state index < -0.39 is 29.6 Å². The monoisotopic (exact) mass is 512 g/mol. The molecule has 0 saturated heterocycles. The minimum absolute atomic E-state index is 0.0939. The van der Waals surface area contributed by atoms with Crippen molar-refractivity contribution in [1.82, 2.24) is 16.0 Å². The Hall–Kier alpha value is -2.65. The maximum Gasteiger partial charge on any atom is 0.312 e. The lowest BCUT2D eigenvalue weighted by atomic mass is 9.98. The van der Waals surface area contributed by atoms with Gasteiger partial charge in [-0.2, -0.15) is 0 Å². The standard InChI is InChI=1S/C26H48N4O6/c1-8-19(9-2)24(34)36-26(6,7)15-11-10-14-21(32)30-22(17(3)4)23(33)29-20(18(5)31)13-12-16-28-25(27)35/h17,19-20,22H,8-16H2,1-7H3,(H,29,33)(H,30,32)(H3,27,28,35)/t20-,22-/m0/s1. The number of esters is 1. The summed E-state index contributed by atoms with van der Waals surface area (Å²) in [5.74, 6) is -1.33. The van der Waals surface area contributed by atoms with Crippen LogP contribution < -0.4 is 21.7 Å². The van der Waals surface area contributed by atoms with Gasteiger partial charge in [-0.3, -0.25) is 19.2 Å². The van der Waals surface area contributed by atoms with Crippen molar-refractivity contribution in [2.45, 2.75) is 118 Å². The third kappa shape index (κ3) is 14.0. The smallest absolute Gasteiger partial charge is 0.312 e. The Bertz CT molecular complexity index is 734. The Labute approximate surface area is 216 Å². The van der Waals surface area contributed by atoms with Crippen LogP contribution in [-0.2, 0) is 23.9 Å². The molecule has 0 radical (unpaired) electrons. The lowest BCUT2D eigenvalue weighted by Crippen LogP contribution is -2.53. The molecule has 0 aromatic rings. The zero-order chi connectivity index (χ0) is 27.9. The van der Waals surface area contributed by atoms with E-state index in [1.54, 1.807) is 0 Å². The SMILES string of the molecule is CCC(CC)C(=O)OC(C)(C)CCCCC(=O)N[C@H](C(=O)N[C@@H](CCCNC(N)=O)C(C)=O)C(C)C. The highest BCUT2D eigenvalue weighted by Gasteiger charge is 2.28. The fraction of sp³-hybridized carbons (Fsp3) is 0.808. The molecule has 4 amide bonds. The number of carbonyl (C=O) groups is 5. The molecule has 0 spiro atoms. The lowest BCUT2D eigenvalue weighted by molar-refractivity contribution is -0.162. The molecule has 0 aliphatic heterocycles. The minimum atomic E-state index is -0.777. The molecule has 0 bridgehead atoms. The van der Waals surface area contributed by atoms with E-state index in [0.717, 1.165) is 12.8 Å². The summed E-state index contributed by atoms with van der Waals surface area (Å²) >= 11 is 0. The number of primary amides is 1. The van der Waals surface area contributed by atoms with Crippen LogP contribution in [0.1, 0.15) is 99.8 Å². The molecule has 0 unspecified atom stereocenters. The second-order valence-electron chi connectivity index (χ2n) is 10.3. The first-order valence-corrected chi connectivity index (χ1v) is 13.1. The van der Waals surface area contributed by atoms with E-state index in [1.165, 1.54) is 6.92 Å². The van der Waals surface area contributed by atoms with Crippen LogP contribution in [-0.4, -0.2) is 53.8 Å². The van der Waals surface area contributed by atoms with Crippen LogP contribution in [0.3, 0.4) is 0 Å². The Morgan fingerprint density at radius 3 is 2.06 bits per heavy atom. The van der Waals surface area contributed by atoms with E-state index in [9.17, 15) is 24.0 Å². The topological polar surface area (TPSA) is 157 Å². The summed E-state index contributed by atoms with van der Waals surface area (Å²) in [6.45, 7) is 13.0. The normalized spacial score (nSPS) is 13.1. The van der Waals surface area contributed by atoms with Crippen molar-refractivity contribution in [3.05, 3.63) is 0 Å². The molecule has 0 fully saturated rings. The molecule has 2 atom stereocenters. The molecule has 0 saturated carbocycles. The first kappa shape index (κ1) is 33.4. The van der Waals surface area contributed by atoms with Gasteiger partial charge in [0.2, 0.25) is 11.8 Å². The molecular weight excluding hydrogens is 464 g/mol. The molecule has 10 nitrogen and oxygen atoms in total. The van der Waals surface area contributed by atoms with Crippen LogP contribution in [0, 0.1) is 11.8 Å². The summed E-state index contributed by atoms with van der Waals surface area (Å²) in [4.78, 5) is 60.4.